The standard InChI is InChI=1S/C21H35NO2/c1-12-11-17-21(4,10-8-18(24)22-17)16-7-9-20(3)14(13(2)23)5-6-15(20)19(12)16/h12-17,19,23H,5-11H2,1-4H3,(H,22,24)/t12-,13+,14?,15?,16?,17?,19?,20+,21+/m0/s1. The molecular weight excluding hydrogens is 298 g/mol. The van der Waals surface area contributed by atoms with Crippen molar-refractivity contribution < 1.29 is 9.90 Å². The van der Waals surface area contributed by atoms with Crippen molar-refractivity contribution in [1.82, 2.24) is 5.32 Å². The summed E-state index contributed by atoms with van der Waals surface area (Å²) in [7, 11) is 0. The van der Waals surface area contributed by atoms with Crippen molar-refractivity contribution in [3.63, 3.8) is 0 Å². The summed E-state index contributed by atoms with van der Waals surface area (Å²) in [4.78, 5) is 11.9. The second kappa shape index (κ2) is 5.46. The largest absolute Gasteiger partial charge is 0.393 e. The Morgan fingerprint density at radius 1 is 1.12 bits per heavy atom. The van der Waals surface area contributed by atoms with Gasteiger partial charge in [-0.1, -0.05) is 20.8 Å². The normalized spacial score (nSPS) is 55.1. The number of hydrogen-bond acceptors (Lipinski definition) is 2. The molecule has 1 heterocycles. The summed E-state index contributed by atoms with van der Waals surface area (Å²) in [5.41, 5.74) is 0.611. The zero-order chi connectivity index (χ0) is 17.3. The molecule has 3 aliphatic carbocycles. The van der Waals surface area contributed by atoms with E-state index in [4.69, 9.17) is 0 Å². The molecule has 0 spiro atoms. The van der Waals surface area contributed by atoms with Crippen LogP contribution in [-0.2, 0) is 4.79 Å². The third-order valence-corrected chi connectivity index (χ3v) is 9.12. The lowest BCUT2D eigenvalue weighted by molar-refractivity contribution is -0.145. The van der Waals surface area contributed by atoms with Gasteiger partial charge < -0.3 is 10.4 Å². The molecule has 0 bridgehead atoms. The molecule has 9 atom stereocenters. The number of amides is 1. The van der Waals surface area contributed by atoms with Gasteiger partial charge in [0.15, 0.2) is 0 Å². The summed E-state index contributed by atoms with van der Waals surface area (Å²) in [6.07, 6.45) is 7.80. The smallest absolute Gasteiger partial charge is 0.220 e. The molecule has 2 N–H and O–H groups in total. The fraction of sp³-hybridized carbons (Fsp3) is 0.952. The monoisotopic (exact) mass is 333 g/mol. The number of aliphatic hydroxyl groups excluding tert-OH is 1. The first-order valence-corrected chi connectivity index (χ1v) is 10.2. The van der Waals surface area contributed by atoms with Crippen LogP contribution in [0.4, 0.5) is 0 Å². The van der Waals surface area contributed by atoms with Gasteiger partial charge in [-0.05, 0) is 85.9 Å². The number of piperidine rings is 1. The van der Waals surface area contributed by atoms with Gasteiger partial charge in [-0.15, -0.1) is 0 Å². The third-order valence-electron chi connectivity index (χ3n) is 9.12. The maximum Gasteiger partial charge on any atom is 0.220 e. The summed E-state index contributed by atoms with van der Waals surface area (Å²) >= 11 is 0. The minimum Gasteiger partial charge on any atom is -0.393 e. The van der Waals surface area contributed by atoms with E-state index in [1.54, 1.807) is 0 Å². The van der Waals surface area contributed by atoms with Gasteiger partial charge in [-0.2, -0.15) is 0 Å². The molecule has 4 fully saturated rings. The van der Waals surface area contributed by atoms with Crippen LogP contribution < -0.4 is 5.32 Å². The summed E-state index contributed by atoms with van der Waals surface area (Å²) in [5.74, 6) is 3.72. The highest BCUT2D eigenvalue weighted by atomic mass is 16.3. The number of carbonyl (C=O) groups is 1. The zero-order valence-corrected chi connectivity index (χ0v) is 15.8. The molecule has 0 aromatic rings. The van der Waals surface area contributed by atoms with E-state index in [2.05, 4.69) is 26.1 Å². The molecule has 1 amide bonds. The summed E-state index contributed by atoms with van der Waals surface area (Å²) in [6.45, 7) is 9.37. The Bertz CT molecular complexity index is 532. The third kappa shape index (κ3) is 2.15. The number of aliphatic hydroxyl groups is 1. The van der Waals surface area contributed by atoms with Crippen molar-refractivity contribution in [3.8, 4) is 0 Å². The van der Waals surface area contributed by atoms with E-state index in [0.717, 1.165) is 30.6 Å². The van der Waals surface area contributed by atoms with Crippen molar-refractivity contribution in [2.45, 2.75) is 84.8 Å². The van der Waals surface area contributed by atoms with Crippen LogP contribution in [0.5, 0.6) is 0 Å². The van der Waals surface area contributed by atoms with Crippen LogP contribution in [0.2, 0.25) is 0 Å². The van der Waals surface area contributed by atoms with Crippen LogP contribution >= 0.6 is 0 Å². The molecule has 1 saturated heterocycles. The first kappa shape index (κ1) is 16.9. The van der Waals surface area contributed by atoms with E-state index in [0.29, 0.717) is 29.7 Å². The van der Waals surface area contributed by atoms with E-state index in [1.165, 1.54) is 25.7 Å². The van der Waals surface area contributed by atoms with Crippen LogP contribution in [0.25, 0.3) is 0 Å². The Hall–Kier alpha value is -0.570. The Labute approximate surface area is 147 Å². The molecule has 3 heteroatoms. The Balaban J connectivity index is 1.66. The molecule has 1 aliphatic heterocycles. The fourth-order valence-electron chi connectivity index (χ4n) is 7.88. The lowest BCUT2D eigenvalue weighted by Gasteiger charge is -2.62. The van der Waals surface area contributed by atoms with Gasteiger partial charge in [0.25, 0.3) is 0 Å². The summed E-state index contributed by atoms with van der Waals surface area (Å²) in [5, 5.41) is 13.7. The molecule has 24 heavy (non-hydrogen) atoms. The molecule has 0 aromatic heterocycles. The average Bonchev–Trinajstić information content (AvgIpc) is 2.86. The van der Waals surface area contributed by atoms with E-state index in [-0.39, 0.29) is 17.4 Å². The predicted molar refractivity (Wildman–Crippen MR) is 95.3 cm³/mol. The van der Waals surface area contributed by atoms with Gasteiger partial charge in [-0.25, -0.2) is 0 Å². The highest BCUT2D eigenvalue weighted by Crippen LogP contribution is 2.67. The highest BCUT2D eigenvalue weighted by Gasteiger charge is 2.62. The number of nitrogens with one attached hydrogen (secondary N) is 1. The molecule has 0 radical (unpaired) electrons. The van der Waals surface area contributed by atoms with Crippen LogP contribution in [0.1, 0.15) is 72.6 Å². The molecular formula is C21H35NO2. The maximum atomic E-state index is 11.9. The molecule has 5 unspecified atom stereocenters. The van der Waals surface area contributed by atoms with Gasteiger partial charge >= 0.3 is 0 Å². The number of carbonyl (C=O) groups excluding carboxylic acids is 1. The van der Waals surface area contributed by atoms with Crippen LogP contribution in [0.3, 0.4) is 0 Å². The minimum absolute atomic E-state index is 0.173. The van der Waals surface area contributed by atoms with Gasteiger partial charge in [0.05, 0.1) is 6.10 Å². The molecule has 4 rings (SSSR count). The summed E-state index contributed by atoms with van der Waals surface area (Å²) in [6, 6.07) is 0.383. The fourth-order valence-corrected chi connectivity index (χ4v) is 7.88. The molecule has 136 valence electrons. The first-order chi connectivity index (χ1) is 11.3. The number of rotatable bonds is 1. The van der Waals surface area contributed by atoms with E-state index >= 15 is 0 Å². The topological polar surface area (TPSA) is 49.3 Å². The van der Waals surface area contributed by atoms with Crippen LogP contribution in [0.15, 0.2) is 0 Å². The molecule has 3 nitrogen and oxygen atoms in total. The minimum atomic E-state index is -0.173. The second-order valence-electron chi connectivity index (χ2n) is 10.1. The number of fused-ring (bicyclic) bond motifs is 5. The Morgan fingerprint density at radius 2 is 1.83 bits per heavy atom. The van der Waals surface area contributed by atoms with Crippen molar-refractivity contribution in [3.05, 3.63) is 0 Å². The van der Waals surface area contributed by atoms with Gasteiger partial charge in [0.2, 0.25) is 5.91 Å². The van der Waals surface area contributed by atoms with Gasteiger partial charge in [0.1, 0.15) is 0 Å². The van der Waals surface area contributed by atoms with E-state index < -0.39 is 0 Å². The van der Waals surface area contributed by atoms with Crippen molar-refractivity contribution in [1.29, 1.82) is 0 Å². The first-order valence-electron chi connectivity index (χ1n) is 10.2. The van der Waals surface area contributed by atoms with Crippen molar-refractivity contribution >= 4 is 5.91 Å². The average molecular weight is 334 g/mol. The SMILES string of the molecule is C[C@@H](O)C1CCC2C3C(CC[C@@]21C)[C@@]1(C)CCC(=O)NC1C[C@@H]3C. The quantitative estimate of drug-likeness (QED) is 0.768. The zero-order valence-electron chi connectivity index (χ0n) is 15.8. The van der Waals surface area contributed by atoms with Gasteiger partial charge in [-0.3, -0.25) is 4.79 Å². The molecule has 3 saturated carbocycles. The lowest BCUT2D eigenvalue weighted by Crippen LogP contribution is -2.63. The van der Waals surface area contributed by atoms with Crippen molar-refractivity contribution in [2.24, 2.45) is 40.4 Å². The highest BCUT2D eigenvalue weighted by molar-refractivity contribution is 5.77. The molecule has 0 aromatic carbocycles. The van der Waals surface area contributed by atoms with E-state index in [9.17, 15) is 9.90 Å². The summed E-state index contributed by atoms with van der Waals surface area (Å²) < 4.78 is 0. The molecule has 4 aliphatic rings. The van der Waals surface area contributed by atoms with Crippen molar-refractivity contribution in [2.75, 3.05) is 0 Å². The number of hydrogen-bond donors (Lipinski definition) is 2. The van der Waals surface area contributed by atoms with Crippen LogP contribution in [-0.4, -0.2) is 23.2 Å². The van der Waals surface area contributed by atoms with Crippen LogP contribution in [0, 0.1) is 40.4 Å². The lowest BCUT2D eigenvalue weighted by atomic mass is 9.45. The maximum absolute atomic E-state index is 11.9. The van der Waals surface area contributed by atoms with Gasteiger partial charge in [0, 0.05) is 12.5 Å². The van der Waals surface area contributed by atoms with E-state index in [1.807, 2.05) is 6.92 Å². The predicted octanol–water partition coefficient (Wildman–Crippen LogP) is 3.75. The Morgan fingerprint density at radius 3 is 2.54 bits per heavy atom. The second-order valence-corrected chi connectivity index (χ2v) is 10.1. The Kier molecular flexibility index (Phi) is 3.84.